The van der Waals surface area contributed by atoms with Gasteiger partial charge in [-0.15, -0.1) is 0 Å². The molecule has 196 valence electrons. The van der Waals surface area contributed by atoms with E-state index in [9.17, 15) is 22.4 Å². The lowest BCUT2D eigenvalue weighted by molar-refractivity contribution is -0.139. The van der Waals surface area contributed by atoms with E-state index in [0.717, 1.165) is 9.87 Å². The standard InChI is InChI=1S/C28H32FN3O4S/c1-5-30-28(34)22(4)31(18-23-12-14-24(29)15-13-23)27(33)19-32(26-9-7-6-8-21(26)3)37(35,36)25-16-10-20(2)11-17-25/h6-17,22H,5,18-19H2,1-4H3,(H,30,34)/t22-/m0/s1. The van der Waals surface area contributed by atoms with Crippen molar-refractivity contribution in [1.29, 1.82) is 0 Å². The summed E-state index contributed by atoms with van der Waals surface area (Å²) < 4.78 is 42.1. The Bertz CT molecular complexity index is 1340. The molecular formula is C28H32FN3O4S. The lowest BCUT2D eigenvalue weighted by Gasteiger charge is -2.32. The molecule has 0 saturated heterocycles. The van der Waals surface area contributed by atoms with E-state index in [1.54, 1.807) is 57.2 Å². The first-order chi connectivity index (χ1) is 17.5. The smallest absolute Gasteiger partial charge is 0.264 e. The van der Waals surface area contributed by atoms with Crippen molar-refractivity contribution in [2.45, 2.75) is 45.2 Å². The third-order valence-corrected chi connectivity index (χ3v) is 7.83. The normalized spacial score (nSPS) is 12.0. The minimum atomic E-state index is -4.12. The molecule has 1 atom stereocenters. The van der Waals surface area contributed by atoms with Crippen molar-refractivity contribution in [3.8, 4) is 0 Å². The molecule has 37 heavy (non-hydrogen) atoms. The maximum atomic E-state index is 13.8. The van der Waals surface area contributed by atoms with Crippen LogP contribution < -0.4 is 9.62 Å². The number of hydrogen-bond acceptors (Lipinski definition) is 4. The zero-order chi connectivity index (χ0) is 27.2. The number of para-hydroxylation sites is 1. The van der Waals surface area contributed by atoms with E-state index >= 15 is 0 Å². The zero-order valence-electron chi connectivity index (χ0n) is 21.4. The number of nitrogens with one attached hydrogen (secondary N) is 1. The number of amides is 2. The highest BCUT2D eigenvalue weighted by Crippen LogP contribution is 2.27. The van der Waals surface area contributed by atoms with Crippen LogP contribution in [0.25, 0.3) is 0 Å². The topological polar surface area (TPSA) is 86.8 Å². The Kier molecular flexibility index (Phi) is 9.04. The van der Waals surface area contributed by atoms with Gasteiger partial charge in [-0.05, 0) is 69.2 Å². The SMILES string of the molecule is CCNC(=O)[C@H](C)N(Cc1ccc(F)cc1)C(=O)CN(c1ccccc1C)S(=O)(=O)c1ccc(C)cc1. The minimum Gasteiger partial charge on any atom is -0.355 e. The molecule has 1 N–H and O–H groups in total. The van der Waals surface area contributed by atoms with Gasteiger partial charge in [-0.3, -0.25) is 13.9 Å². The summed E-state index contributed by atoms with van der Waals surface area (Å²) in [6.45, 7) is 6.83. The molecular weight excluding hydrogens is 493 g/mol. The van der Waals surface area contributed by atoms with Gasteiger partial charge < -0.3 is 10.2 Å². The van der Waals surface area contributed by atoms with Gasteiger partial charge >= 0.3 is 0 Å². The molecule has 3 aromatic rings. The summed E-state index contributed by atoms with van der Waals surface area (Å²) in [5, 5.41) is 2.71. The fourth-order valence-electron chi connectivity index (χ4n) is 3.89. The van der Waals surface area contributed by atoms with E-state index in [1.807, 2.05) is 6.92 Å². The first kappa shape index (κ1) is 27.9. The number of hydrogen-bond donors (Lipinski definition) is 1. The number of anilines is 1. The maximum Gasteiger partial charge on any atom is 0.264 e. The van der Waals surface area contributed by atoms with Crippen LogP contribution >= 0.6 is 0 Å². The second-order valence-corrected chi connectivity index (χ2v) is 10.7. The van der Waals surface area contributed by atoms with E-state index in [0.29, 0.717) is 23.4 Å². The fourth-order valence-corrected chi connectivity index (χ4v) is 5.36. The summed E-state index contributed by atoms with van der Waals surface area (Å²) >= 11 is 0. The molecule has 0 aliphatic heterocycles. The molecule has 0 bridgehead atoms. The minimum absolute atomic E-state index is 0.00358. The molecule has 0 unspecified atom stereocenters. The summed E-state index contributed by atoms with van der Waals surface area (Å²) in [6.07, 6.45) is 0. The number of sulfonamides is 1. The van der Waals surface area contributed by atoms with Gasteiger partial charge in [0.05, 0.1) is 10.6 Å². The van der Waals surface area contributed by atoms with Crippen molar-refractivity contribution in [3.05, 3.63) is 95.3 Å². The van der Waals surface area contributed by atoms with E-state index in [1.165, 1.54) is 41.3 Å². The van der Waals surface area contributed by atoms with E-state index < -0.39 is 34.3 Å². The molecule has 9 heteroatoms. The summed E-state index contributed by atoms with van der Waals surface area (Å²) in [5.74, 6) is -1.36. The Labute approximate surface area is 218 Å². The van der Waals surface area contributed by atoms with Crippen molar-refractivity contribution < 1.29 is 22.4 Å². The predicted octanol–water partition coefficient (Wildman–Crippen LogP) is 4.19. The van der Waals surface area contributed by atoms with Crippen LogP contribution in [0.2, 0.25) is 0 Å². The van der Waals surface area contributed by atoms with Gasteiger partial charge in [0.15, 0.2) is 0 Å². The molecule has 7 nitrogen and oxygen atoms in total. The average Bonchev–Trinajstić information content (AvgIpc) is 2.87. The molecule has 0 fully saturated rings. The highest BCUT2D eigenvalue weighted by Gasteiger charge is 2.32. The van der Waals surface area contributed by atoms with Crippen LogP contribution in [-0.4, -0.2) is 44.3 Å². The predicted molar refractivity (Wildman–Crippen MR) is 142 cm³/mol. The third-order valence-electron chi connectivity index (χ3n) is 6.06. The molecule has 3 aromatic carbocycles. The molecule has 2 amide bonds. The molecule has 0 aromatic heterocycles. The van der Waals surface area contributed by atoms with Crippen LogP contribution in [0.3, 0.4) is 0 Å². The van der Waals surface area contributed by atoms with Crippen molar-refractivity contribution in [2.75, 3.05) is 17.4 Å². The summed E-state index contributed by atoms with van der Waals surface area (Å²) in [7, 11) is -4.12. The molecule has 0 aliphatic rings. The monoisotopic (exact) mass is 525 g/mol. The van der Waals surface area contributed by atoms with Crippen LogP contribution in [0.4, 0.5) is 10.1 Å². The van der Waals surface area contributed by atoms with Gasteiger partial charge in [-0.2, -0.15) is 0 Å². The number of halogens is 1. The number of carbonyl (C=O) groups excluding carboxylic acids is 2. The summed E-state index contributed by atoms with van der Waals surface area (Å²) in [6, 6.07) is 18.0. The van der Waals surface area contributed by atoms with Gasteiger partial charge in [0.1, 0.15) is 18.4 Å². The largest absolute Gasteiger partial charge is 0.355 e. The van der Waals surface area contributed by atoms with E-state index in [-0.39, 0.29) is 17.3 Å². The van der Waals surface area contributed by atoms with Gasteiger partial charge in [-0.25, -0.2) is 12.8 Å². The lowest BCUT2D eigenvalue weighted by Crippen LogP contribution is -2.51. The van der Waals surface area contributed by atoms with Crippen molar-refractivity contribution in [3.63, 3.8) is 0 Å². The van der Waals surface area contributed by atoms with Crippen molar-refractivity contribution in [1.82, 2.24) is 10.2 Å². The van der Waals surface area contributed by atoms with Crippen LogP contribution in [-0.2, 0) is 26.2 Å². The molecule has 3 rings (SSSR count). The fraction of sp³-hybridized carbons (Fsp3) is 0.286. The van der Waals surface area contributed by atoms with Crippen LogP contribution in [0.15, 0.2) is 77.7 Å². The van der Waals surface area contributed by atoms with E-state index in [2.05, 4.69) is 5.32 Å². The molecule has 0 aliphatic carbocycles. The second-order valence-electron chi connectivity index (χ2n) is 8.83. The van der Waals surface area contributed by atoms with Crippen LogP contribution in [0.5, 0.6) is 0 Å². The first-order valence-electron chi connectivity index (χ1n) is 12.0. The number of carbonyl (C=O) groups is 2. The highest BCUT2D eigenvalue weighted by atomic mass is 32.2. The van der Waals surface area contributed by atoms with Gasteiger partial charge in [0.2, 0.25) is 11.8 Å². The third kappa shape index (κ3) is 6.74. The Hall–Kier alpha value is -3.72. The zero-order valence-corrected chi connectivity index (χ0v) is 22.3. The van der Waals surface area contributed by atoms with Gasteiger partial charge in [0.25, 0.3) is 10.0 Å². The summed E-state index contributed by atoms with van der Waals surface area (Å²) in [4.78, 5) is 27.8. The number of rotatable bonds is 10. The molecule has 0 heterocycles. The van der Waals surface area contributed by atoms with Crippen molar-refractivity contribution >= 4 is 27.5 Å². The Balaban J connectivity index is 2.03. The van der Waals surface area contributed by atoms with Crippen molar-refractivity contribution in [2.24, 2.45) is 0 Å². The number of benzene rings is 3. The average molecular weight is 526 g/mol. The lowest BCUT2D eigenvalue weighted by atomic mass is 10.1. The summed E-state index contributed by atoms with van der Waals surface area (Å²) in [5.41, 5.74) is 2.55. The quantitative estimate of drug-likeness (QED) is 0.430. The number of nitrogens with zero attached hydrogens (tertiary/aromatic N) is 2. The number of aryl methyl sites for hydroxylation is 2. The van der Waals surface area contributed by atoms with Crippen LogP contribution in [0, 0.1) is 19.7 Å². The highest BCUT2D eigenvalue weighted by molar-refractivity contribution is 7.92. The Morgan fingerprint density at radius 3 is 2.16 bits per heavy atom. The Morgan fingerprint density at radius 1 is 0.946 bits per heavy atom. The molecule has 0 spiro atoms. The molecule has 0 radical (unpaired) electrons. The second kappa shape index (κ2) is 12.0. The van der Waals surface area contributed by atoms with Gasteiger partial charge in [-0.1, -0.05) is 48.0 Å². The maximum absolute atomic E-state index is 13.8. The van der Waals surface area contributed by atoms with E-state index in [4.69, 9.17) is 0 Å². The molecule has 0 saturated carbocycles. The van der Waals surface area contributed by atoms with Gasteiger partial charge in [0, 0.05) is 13.1 Å². The Morgan fingerprint density at radius 2 is 1.57 bits per heavy atom. The van der Waals surface area contributed by atoms with Crippen LogP contribution in [0.1, 0.15) is 30.5 Å². The first-order valence-corrected chi connectivity index (χ1v) is 13.4. The number of likely N-dealkylation sites (N-methyl/N-ethyl adjacent to an activating group) is 1.